The van der Waals surface area contributed by atoms with Gasteiger partial charge in [-0.15, -0.1) is 5.56 Å². The molecule has 0 aliphatic heterocycles. The molecule has 2 heteroatoms. The van der Waals surface area contributed by atoms with E-state index < -0.39 is 0 Å². The van der Waals surface area contributed by atoms with Gasteiger partial charge in [-0.25, -0.2) is 0 Å². The first-order valence-corrected chi connectivity index (χ1v) is 12.1. The molecular weight excluding hydrogens is 381 g/mol. The van der Waals surface area contributed by atoms with Crippen LogP contribution >= 0.6 is 0 Å². The topological polar surface area (TPSA) is 3.24 Å². The van der Waals surface area contributed by atoms with Crippen molar-refractivity contribution < 1.29 is 18.9 Å². The first kappa shape index (κ1) is 26.9. The van der Waals surface area contributed by atoms with Crippen molar-refractivity contribution in [3.05, 3.63) is 75.8 Å². The van der Waals surface area contributed by atoms with Crippen LogP contribution in [0.4, 0.5) is 0 Å². The van der Waals surface area contributed by atoms with Crippen molar-refractivity contribution >= 4 is 10.8 Å². The molecule has 0 saturated carbocycles. The van der Waals surface area contributed by atoms with E-state index in [1.165, 1.54) is 16.3 Å². The predicted octanol–water partition coefficient (Wildman–Crippen LogP) is 5.71. The van der Waals surface area contributed by atoms with Crippen LogP contribution in [0.3, 0.4) is 0 Å². The maximum Gasteiger partial charge on any atom is 1.00 e. The maximum absolute atomic E-state index is 2.43. The second-order valence-electron chi connectivity index (χ2n) is 10.6. The molecule has 32 heavy (non-hydrogen) atoms. The molecule has 1 nitrogen and oxygen atoms in total. The Morgan fingerprint density at radius 3 is 1.53 bits per heavy atom. The van der Waals surface area contributed by atoms with Crippen molar-refractivity contribution in [3.8, 4) is 0 Å². The van der Waals surface area contributed by atoms with Gasteiger partial charge in [-0.3, -0.25) is 0 Å². The zero-order valence-corrected chi connectivity index (χ0v) is 22.4. The number of rotatable bonds is 7. The van der Waals surface area contributed by atoms with Gasteiger partial charge >= 0.3 is 18.9 Å². The largest absolute Gasteiger partial charge is 1.00 e. The molecule has 0 aliphatic rings. The number of benzene rings is 2. The molecule has 1 unspecified atom stereocenters. The predicted molar refractivity (Wildman–Crippen MR) is 138 cm³/mol. The summed E-state index contributed by atoms with van der Waals surface area (Å²) >= 11 is 0. The van der Waals surface area contributed by atoms with Gasteiger partial charge in [-0.1, -0.05) is 110 Å². The monoisotopic (exact) mass is 423 g/mol. The first-order valence-electron chi connectivity index (χ1n) is 12.1. The average Bonchev–Trinajstić information content (AvgIpc) is 3.05. The molecule has 0 saturated heterocycles. The molecule has 0 spiro atoms. The van der Waals surface area contributed by atoms with Gasteiger partial charge in [0.25, 0.3) is 0 Å². The van der Waals surface area contributed by atoms with E-state index in [4.69, 9.17) is 0 Å². The first-order chi connectivity index (χ1) is 14.6. The Kier molecular flexibility index (Phi) is 8.97. The molecule has 0 radical (unpaired) electrons. The normalized spacial score (nSPS) is 13.1. The second kappa shape index (κ2) is 10.7. The van der Waals surface area contributed by atoms with Crippen LogP contribution in [-0.4, -0.2) is 19.0 Å². The van der Waals surface area contributed by atoms with Crippen molar-refractivity contribution in [2.24, 2.45) is 0 Å². The average molecular weight is 424 g/mol. The summed E-state index contributed by atoms with van der Waals surface area (Å²) in [5, 5.41) is 2.69. The molecule has 0 bridgehead atoms. The van der Waals surface area contributed by atoms with Crippen LogP contribution in [0.25, 0.3) is 10.8 Å². The summed E-state index contributed by atoms with van der Waals surface area (Å²) < 4.78 is 0. The van der Waals surface area contributed by atoms with E-state index >= 15 is 0 Å². The zero-order chi connectivity index (χ0) is 23.0. The van der Waals surface area contributed by atoms with Crippen molar-refractivity contribution in [2.45, 2.75) is 85.1 Å². The molecule has 0 aromatic heterocycles. The molecule has 1 atom stereocenters. The molecule has 0 heterocycles. The van der Waals surface area contributed by atoms with Crippen LogP contribution in [0.1, 0.15) is 118 Å². The number of hydrogen-bond donors (Lipinski definition) is 0. The van der Waals surface area contributed by atoms with E-state index in [1.807, 2.05) is 0 Å². The standard InChI is InChI=1S/C30H42N.Li/c1-18(2)25-26(19(3)4)28(21(7)8)29(27(25)20(5)6)30(31(9)10)24-17-13-15-22-14-11-12-16-23(22)24;/h11-21,30H,1-10H3;/q-1;+1. The van der Waals surface area contributed by atoms with E-state index in [2.05, 4.69) is 117 Å². The molecule has 3 rings (SSSR count). The van der Waals surface area contributed by atoms with Gasteiger partial charge in [0, 0.05) is 6.04 Å². The third-order valence-electron chi connectivity index (χ3n) is 6.67. The van der Waals surface area contributed by atoms with Gasteiger partial charge in [0.15, 0.2) is 0 Å². The fourth-order valence-corrected chi connectivity index (χ4v) is 5.69. The third-order valence-corrected chi connectivity index (χ3v) is 6.67. The SMILES string of the molecule is CC(C)c1c(C(C)C)c(C(C)C)[c-](C(c2cccc3ccccc23)N(C)C)c1C(C)C.[Li+]. The Morgan fingerprint density at radius 2 is 1.09 bits per heavy atom. The number of fused-ring (bicyclic) bond motifs is 1. The van der Waals surface area contributed by atoms with E-state index in [9.17, 15) is 0 Å². The summed E-state index contributed by atoms with van der Waals surface area (Å²) in [6.45, 7) is 19.0. The Bertz CT molecular complexity index is 994. The molecule has 3 aromatic rings. The van der Waals surface area contributed by atoms with Crippen LogP contribution in [0.15, 0.2) is 42.5 Å². The molecule has 0 fully saturated rings. The smallest absolute Gasteiger partial charge is 0.309 e. The van der Waals surface area contributed by atoms with E-state index in [0.29, 0.717) is 23.7 Å². The van der Waals surface area contributed by atoms with Gasteiger partial charge in [-0.2, -0.15) is 22.3 Å². The summed E-state index contributed by atoms with van der Waals surface area (Å²) in [4.78, 5) is 2.43. The molecule has 0 amide bonds. The van der Waals surface area contributed by atoms with Crippen LogP contribution in [0.2, 0.25) is 0 Å². The van der Waals surface area contributed by atoms with Gasteiger partial charge in [0.1, 0.15) is 0 Å². The summed E-state index contributed by atoms with van der Waals surface area (Å²) in [6, 6.07) is 15.9. The Hall–Kier alpha value is -1.39. The van der Waals surface area contributed by atoms with Gasteiger partial charge < -0.3 is 4.90 Å². The molecule has 3 aromatic carbocycles. The minimum absolute atomic E-state index is 0. The fourth-order valence-electron chi connectivity index (χ4n) is 5.69. The summed E-state index contributed by atoms with van der Waals surface area (Å²) in [7, 11) is 4.50. The molecule has 0 N–H and O–H groups in total. The van der Waals surface area contributed by atoms with Crippen LogP contribution < -0.4 is 18.9 Å². The molecule has 0 aliphatic carbocycles. The van der Waals surface area contributed by atoms with Crippen LogP contribution in [-0.2, 0) is 0 Å². The number of hydrogen-bond acceptors (Lipinski definition) is 1. The van der Waals surface area contributed by atoms with Crippen molar-refractivity contribution in [2.75, 3.05) is 14.1 Å². The van der Waals surface area contributed by atoms with Gasteiger partial charge in [-0.05, 0) is 42.3 Å². The Labute approximate surface area is 209 Å². The molecular formula is C30H42LiN. The number of nitrogens with zero attached hydrogens (tertiary/aromatic N) is 1. The fraction of sp³-hybridized carbons (Fsp3) is 0.500. The van der Waals surface area contributed by atoms with E-state index in [1.54, 1.807) is 27.8 Å². The Morgan fingerprint density at radius 1 is 0.625 bits per heavy atom. The van der Waals surface area contributed by atoms with Crippen LogP contribution in [0.5, 0.6) is 0 Å². The third kappa shape index (κ3) is 4.77. The van der Waals surface area contributed by atoms with Crippen molar-refractivity contribution in [1.82, 2.24) is 4.90 Å². The summed E-state index contributed by atoms with van der Waals surface area (Å²) in [5.41, 5.74) is 9.39. The second-order valence-corrected chi connectivity index (χ2v) is 10.6. The van der Waals surface area contributed by atoms with Crippen molar-refractivity contribution in [3.63, 3.8) is 0 Å². The van der Waals surface area contributed by atoms with Crippen LogP contribution in [0, 0.1) is 0 Å². The summed E-state index contributed by atoms with van der Waals surface area (Å²) in [5.74, 6) is 2.04. The maximum atomic E-state index is 2.43. The summed E-state index contributed by atoms with van der Waals surface area (Å²) in [6.07, 6.45) is 0. The van der Waals surface area contributed by atoms with Gasteiger partial charge in [0.05, 0.1) is 0 Å². The van der Waals surface area contributed by atoms with Crippen molar-refractivity contribution in [1.29, 1.82) is 0 Å². The van der Waals surface area contributed by atoms with Gasteiger partial charge in [0.2, 0.25) is 0 Å². The zero-order valence-electron chi connectivity index (χ0n) is 22.4. The van der Waals surface area contributed by atoms with E-state index in [-0.39, 0.29) is 24.9 Å². The van der Waals surface area contributed by atoms with E-state index in [0.717, 1.165) is 0 Å². The minimum Gasteiger partial charge on any atom is -0.309 e. The quantitative estimate of drug-likeness (QED) is 0.348. The Balaban J connectivity index is 0.00000363. The minimum atomic E-state index is 0. The molecule has 168 valence electrons.